The number of nitrogens with two attached hydrogens (primary N) is 1. The molecule has 2 heterocycles. The predicted octanol–water partition coefficient (Wildman–Crippen LogP) is 0.782. The van der Waals surface area contributed by atoms with Crippen LogP contribution in [-0.2, 0) is 0 Å². The summed E-state index contributed by atoms with van der Waals surface area (Å²) < 4.78 is 0. The second kappa shape index (κ2) is 5.81. The van der Waals surface area contributed by atoms with E-state index in [1.54, 1.807) is 0 Å². The summed E-state index contributed by atoms with van der Waals surface area (Å²) in [6.45, 7) is 2.02. The van der Waals surface area contributed by atoms with Gasteiger partial charge in [-0.25, -0.2) is 10.8 Å². The molecule has 0 radical (unpaired) electrons. The average Bonchev–Trinajstić information content (AvgIpc) is 2.41. The zero-order valence-electron chi connectivity index (χ0n) is 10.8. The van der Waals surface area contributed by atoms with Gasteiger partial charge < -0.3 is 15.6 Å². The second-order valence-electron chi connectivity index (χ2n) is 4.72. The van der Waals surface area contributed by atoms with Gasteiger partial charge in [0.05, 0.1) is 17.1 Å². The molecule has 19 heavy (non-hydrogen) atoms. The van der Waals surface area contributed by atoms with Crippen molar-refractivity contribution in [2.24, 2.45) is 5.84 Å². The molecular formula is C11H18N6O2. The number of hydrogen-bond donors (Lipinski definition) is 3. The van der Waals surface area contributed by atoms with Crippen molar-refractivity contribution < 1.29 is 4.92 Å². The van der Waals surface area contributed by atoms with Crippen molar-refractivity contribution in [1.29, 1.82) is 0 Å². The Morgan fingerprint density at radius 1 is 1.42 bits per heavy atom. The summed E-state index contributed by atoms with van der Waals surface area (Å²) >= 11 is 0. The molecule has 0 spiro atoms. The average molecular weight is 266 g/mol. The van der Waals surface area contributed by atoms with Gasteiger partial charge in [0, 0.05) is 6.04 Å². The maximum Gasteiger partial charge on any atom is 0.276 e. The third kappa shape index (κ3) is 3.52. The Morgan fingerprint density at radius 2 is 2.05 bits per heavy atom. The molecule has 1 fully saturated rings. The van der Waals surface area contributed by atoms with E-state index < -0.39 is 4.92 Å². The Bertz CT molecular complexity index is 458. The van der Waals surface area contributed by atoms with E-state index in [-0.39, 0.29) is 17.5 Å². The van der Waals surface area contributed by atoms with Gasteiger partial charge in [-0.1, -0.05) is 0 Å². The van der Waals surface area contributed by atoms with Gasteiger partial charge >= 0.3 is 0 Å². The lowest BCUT2D eigenvalue weighted by Crippen LogP contribution is -2.36. The molecule has 0 aromatic carbocycles. The monoisotopic (exact) mass is 266 g/mol. The fraction of sp³-hybridized carbons (Fsp3) is 0.545. The van der Waals surface area contributed by atoms with Crippen LogP contribution < -0.4 is 16.6 Å². The first-order chi connectivity index (χ1) is 9.08. The van der Waals surface area contributed by atoms with Gasteiger partial charge in [0.15, 0.2) is 0 Å². The normalized spacial score (nSPS) is 17.2. The number of rotatable bonds is 4. The quantitative estimate of drug-likeness (QED) is 0.419. The van der Waals surface area contributed by atoms with Crippen molar-refractivity contribution in [3.05, 3.63) is 22.2 Å². The Kier molecular flexibility index (Phi) is 4.13. The number of hydrazine groups is 1. The van der Waals surface area contributed by atoms with Crippen LogP contribution >= 0.6 is 0 Å². The summed E-state index contributed by atoms with van der Waals surface area (Å²) in [7, 11) is 2.08. The number of aromatic nitrogens is 1. The van der Waals surface area contributed by atoms with Gasteiger partial charge in [-0.3, -0.25) is 10.1 Å². The molecule has 8 nitrogen and oxygen atoms in total. The van der Waals surface area contributed by atoms with Crippen LogP contribution in [0, 0.1) is 10.1 Å². The van der Waals surface area contributed by atoms with Crippen molar-refractivity contribution in [3.63, 3.8) is 0 Å². The maximum absolute atomic E-state index is 10.8. The molecule has 0 bridgehead atoms. The predicted molar refractivity (Wildman–Crippen MR) is 72.8 cm³/mol. The lowest BCUT2D eigenvalue weighted by atomic mass is 10.1. The minimum absolute atomic E-state index is 0.0293. The Hall–Kier alpha value is -1.93. The minimum Gasteiger partial charge on any atom is -0.367 e. The van der Waals surface area contributed by atoms with E-state index >= 15 is 0 Å². The number of likely N-dealkylation sites (tertiary alicyclic amines) is 1. The molecule has 1 aromatic rings. The van der Waals surface area contributed by atoms with Crippen LogP contribution in [0.15, 0.2) is 12.1 Å². The summed E-state index contributed by atoms with van der Waals surface area (Å²) in [5.41, 5.74) is 2.31. The smallest absolute Gasteiger partial charge is 0.276 e. The van der Waals surface area contributed by atoms with E-state index in [9.17, 15) is 10.1 Å². The van der Waals surface area contributed by atoms with E-state index in [1.807, 2.05) is 0 Å². The number of nitrogens with one attached hydrogen (secondary N) is 2. The molecule has 0 amide bonds. The lowest BCUT2D eigenvalue weighted by molar-refractivity contribution is -0.384. The Morgan fingerprint density at radius 3 is 2.63 bits per heavy atom. The lowest BCUT2D eigenvalue weighted by Gasteiger charge is -2.29. The fourth-order valence-corrected chi connectivity index (χ4v) is 2.13. The molecule has 0 atom stereocenters. The molecule has 8 heteroatoms. The van der Waals surface area contributed by atoms with Crippen LogP contribution in [0.1, 0.15) is 12.8 Å². The standard InChI is InChI=1S/C11H18N6O2/c1-16-4-2-8(3-5-16)13-10-6-9(17(18)19)7-11(14-10)15-12/h6-8H,2-5,12H2,1H3,(H2,13,14,15). The number of piperidine rings is 1. The zero-order valence-corrected chi connectivity index (χ0v) is 10.8. The third-order valence-corrected chi connectivity index (χ3v) is 3.24. The van der Waals surface area contributed by atoms with Crippen LogP contribution in [-0.4, -0.2) is 41.0 Å². The van der Waals surface area contributed by atoms with Gasteiger partial charge in [0.1, 0.15) is 11.6 Å². The summed E-state index contributed by atoms with van der Waals surface area (Å²) in [4.78, 5) is 16.8. The van der Waals surface area contributed by atoms with E-state index in [1.165, 1.54) is 12.1 Å². The Labute approximate surface area is 111 Å². The molecule has 0 unspecified atom stereocenters. The van der Waals surface area contributed by atoms with Crippen molar-refractivity contribution in [2.45, 2.75) is 18.9 Å². The van der Waals surface area contributed by atoms with Crippen molar-refractivity contribution in [3.8, 4) is 0 Å². The van der Waals surface area contributed by atoms with Crippen molar-refractivity contribution in [2.75, 3.05) is 30.9 Å². The first-order valence-electron chi connectivity index (χ1n) is 6.16. The first kappa shape index (κ1) is 13.5. The molecule has 4 N–H and O–H groups in total. The topological polar surface area (TPSA) is 109 Å². The summed E-state index contributed by atoms with van der Waals surface area (Å²) in [6.07, 6.45) is 1.98. The molecule has 2 rings (SSSR count). The fourth-order valence-electron chi connectivity index (χ4n) is 2.13. The number of nitrogens with zero attached hydrogens (tertiary/aromatic N) is 3. The van der Waals surface area contributed by atoms with E-state index in [2.05, 4.69) is 27.7 Å². The van der Waals surface area contributed by atoms with Crippen LogP contribution in [0.2, 0.25) is 0 Å². The van der Waals surface area contributed by atoms with Crippen LogP contribution in [0.4, 0.5) is 17.3 Å². The highest BCUT2D eigenvalue weighted by molar-refractivity contribution is 5.54. The van der Waals surface area contributed by atoms with Crippen LogP contribution in [0.5, 0.6) is 0 Å². The molecule has 1 aromatic heterocycles. The van der Waals surface area contributed by atoms with Gasteiger partial charge in [-0.05, 0) is 33.0 Å². The van der Waals surface area contributed by atoms with Gasteiger partial charge in [0.25, 0.3) is 5.69 Å². The number of pyridine rings is 1. The second-order valence-corrected chi connectivity index (χ2v) is 4.72. The minimum atomic E-state index is -0.456. The molecule has 1 saturated heterocycles. The molecule has 0 saturated carbocycles. The third-order valence-electron chi connectivity index (χ3n) is 3.24. The highest BCUT2D eigenvalue weighted by Gasteiger charge is 2.18. The number of anilines is 2. The molecule has 104 valence electrons. The Balaban J connectivity index is 2.10. The van der Waals surface area contributed by atoms with Gasteiger partial charge in [0.2, 0.25) is 0 Å². The molecule has 1 aliphatic heterocycles. The van der Waals surface area contributed by atoms with Gasteiger partial charge in [-0.15, -0.1) is 0 Å². The number of nitrogen functional groups attached to an aromatic ring is 1. The maximum atomic E-state index is 10.8. The summed E-state index contributed by atoms with van der Waals surface area (Å²) in [5, 5.41) is 14.1. The highest BCUT2D eigenvalue weighted by Crippen LogP contribution is 2.22. The highest BCUT2D eigenvalue weighted by atomic mass is 16.6. The van der Waals surface area contributed by atoms with Crippen molar-refractivity contribution >= 4 is 17.3 Å². The van der Waals surface area contributed by atoms with E-state index in [0.29, 0.717) is 5.82 Å². The first-order valence-corrected chi connectivity index (χ1v) is 6.16. The van der Waals surface area contributed by atoms with Crippen molar-refractivity contribution in [1.82, 2.24) is 9.88 Å². The SMILES string of the molecule is CN1CCC(Nc2cc([N+](=O)[O-])cc(NN)n2)CC1. The van der Waals surface area contributed by atoms with Crippen LogP contribution in [0.25, 0.3) is 0 Å². The van der Waals surface area contributed by atoms with E-state index in [0.717, 1.165) is 25.9 Å². The molecule has 0 aliphatic carbocycles. The number of nitro groups is 1. The largest absolute Gasteiger partial charge is 0.367 e. The molecule has 1 aliphatic rings. The van der Waals surface area contributed by atoms with Gasteiger partial charge in [-0.2, -0.15) is 0 Å². The summed E-state index contributed by atoms with van der Waals surface area (Å²) in [5.74, 6) is 6.03. The van der Waals surface area contributed by atoms with Crippen LogP contribution in [0.3, 0.4) is 0 Å². The summed E-state index contributed by atoms with van der Waals surface area (Å²) in [6, 6.07) is 3.02. The zero-order chi connectivity index (χ0) is 13.8. The number of hydrogen-bond acceptors (Lipinski definition) is 7. The molecular weight excluding hydrogens is 248 g/mol. The van der Waals surface area contributed by atoms with E-state index in [4.69, 9.17) is 5.84 Å².